The molecular formula is C18H25NO5. The highest BCUT2D eigenvalue weighted by Gasteiger charge is 2.32. The molecule has 24 heavy (non-hydrogen) atoms. The van der Waals surface area contributed by atoms with Crippen molar-refractivity contribution >= 4 is 11.9 Å². The number of hydrogen-bond donors (Lipinski definition) is 1. The third-order valence-corrected chi connectivity index (χ3v) is 3.84. The van der Waals surface area contributed by atoms with Gasteiger partial charge in [0.05, 0.1) is 6.61 Å². The highest BCUT2D eigenvalue weighted by atomic mass is 16.5. The van der Waals surface area contributed by atoms with E-state index >= 15 is 0 Å². The summed E-state index contributed by atoms with van der Waals surface area (Å²) in [6, 6.07) is 5.27. The number of carbonyl (C=O) groups is 2. The molecule has 1 aromatic carbocycles. The van der Waals surface area contributed by atoms with Gasteiger partial charge in [0.15, 0.2) is 18.1 Å². The fourth-order valence-electron chi connectivity index (χ4n) is 2.50. The van der Waals surface area contributed by atoms with Gasteiger partial charge in [0.1, 0.15) is 0 Å². The Kier molecular flexibility index (Phi) is 6.46. The molecule has 1 aliphatic carbocycles. The first-order valence-corrected chi connectivity index (χ1v) is 8.49. The highest BCUT2D eigenvalue weighted by molar-refractivity contribution is 5.95. The fourth-order valence-corrected chi connectivity index (χ4v) is 2.50. The molecule has 0 atom stereocenters. The number of amides is 1. The number of hydrogen-bond acceptors (Lipinski definition) is 4. The number of benzene rings is 1. The van der Waals surface area contributed by atoms with Gasteiger partial charge in [-0.25, -0.2) is 4.79 Å². The third-order valence-electron chi connectivity index (χ3n) is 3.84. The molecule has 0 aliphatic heterocycles. The summed E-state index contributed by atoms with van der Waals surface area (Å²) in [5.41, 5.74) is 0.545. The van der Waals surface area contributed by atoms with E-state index in [2.05, 4.69) is 6.92 Å². The Morgan fingerprint density at radius 3 is 2.54 bits per heavy atom. The van der Waals surface area contributed by atoms with Gasteiger partial charge in [-0.1, -0.05) is 13.3 Å². The summed E-state index contributed by atoms with van der Waals surface area (Å²) in [7, 11) is 0. The minimum Gasteiger partial charge on any atom is -0.490 e. The quantitative estimate of drug-likeness (QED) is 0.711. The van der Waals surface area contributed by atoms with E-state index < -0.39 is 12.6 Å². The van der Waals surface area contributed by atoms with Crippen LogP contribution in [0, 0.1) is 0 Å². The molecule has 0 heterocycles. The van der Waals surface area contributed by atoms with E-state index in [1.54, 1.807) is 18.2 Å². The van der Waals surface area contributed by atoms with Crippen LogP contribution in [-0.4, -0.2) is 47.7 Å². The number of rotatable bonds is 10. The lowest BCUT2D eigenvalue weighted by Crippen LogP contribution is -2.34. The van der Waals surface area contributed by atoms with Crippen molar-refractivity contribution < 1.29 is 24.2 Å². The molecule has 1 aromatic rings. The summed E-state index contributed by atoms with van der Waals surface area (Å²) in [6.45, 7) is 4.66. The summed E-state index contributed by atoms with van der Waals surface area (Å²) in [5, 5.41) is 8.74. The van der Waals surface area contributed by atoms with Crippen molar-refractivity contribution in [3.05, 3.63) is 23.8 Å². The van der Waals surface area contributed by atoms with E-state index in [0.717, 1.165) is 32.2 Å². The second kappa shape index (κ2) is 8.57. The Morgan fingerprint density at radius 1 is 1.21 bits per heavy atom. The maximum atomic E-state index is 12.8. The van der Waals surface area contributed by atoms with Crippen molar-refractivity contribution in [2.75, 3.05) is 19.8 Å². The molecule has 1 N–H and O–H groups in total. The van der Waals surface area contributed by atoms with Gasteiger partial charge in [0.2, 0.25) is 0 Å². The van der Waals surface area contributed by atoms with Crippen LogP contribution < -0.4 is 9.47 Å². The minimum absolute atomic E-state index is 0.00307. The van der Waals surface area contributed by atoms with E-state index in [1.807, 2.05) is 11.8 Å². The van der Waals surface area contributed by atoms with Crippen molar-refractivity contribution in [3.8, 4) is 11.5 Å². The number of carboxylic acids is 1. The Balaban J connectivity index is 2.17. The molecule has 1 amide bonds. The number of nitrogens with zero attached hydrogens (tertiary/aromatic N) is 1. The largest absolute Gasteiger partial charge is 0.490 e. The predicted octanol–water partition coefficient (Wildman–Crippen LogP) is 2.95. The molecule has 0 saturated heterocycles. The molecule has 0 radical (unpaired) electrons. The van der Waals surface area contributed by atoms with E-state index in [4.69, 9.17) is 14.6 Å². The number of unbranched alkanes of at least 4 members (excludes halogenated alkanes) is 1. The number of carbonyl (C=O) groups excluding carboxylic acids is 1. The van der Waals surface area contributed by atoms with Gasteiger partial charge in [0, 0.05) is 18.2 Å². The average molecular weight is 335 g/mol. The van der Waals surface area contributed by atoms with Crippen LogP contribution in [0.4, 0.5) is 0 Å². The maximum Gasteiger partial charge on any atom is 0.341 e. The van der Waals surface area contributed by atoms with Crippen LogP contribution in [0.25, 0.3) is 0 Å². The number of ether oxygens (including phenoxy) is 2. The molecule has 0 spiro atoms. The van der Waals surface area contributed by atoms with Crippen LogP contribution in [0.5, 0.6) is 11.5 Å². The van der Waals surface area contributed by atoms with Gasteiger partial charge in [-0.2, -0.15) is 0 Å². The zero-order chi connectivity index (χ0) is 17.5. The van der Waals surface area contributed by atoms with Gasteiger partial charge >= 0.3 is 5.97 Å². The molecule has 6 nitrogen and oxygen atoms in total. The summed E-state index contributed by atoms with van der Waals surface area (Å²) in [5.74, 6) is -0.327. The lowest BCUT2D eigenvalue weighted by atomic mass is 10.1. The summed E-state index contributed by atoms with van der Waals surface area (Å²) < 4.78 is 10.7. The number of aliphatic carboxylic acids is 1. The average Bonchev–Trinajstić information content (AvgIpc) is 3.39. The smallest absolute Gasteiger partial charge is 0.341 e. The molecule has 0 bridgehead atoms. The second-order valence-electron chi connectivity index (χ2n) is 5.86. The molecule has 1 fully saturated rings. The molecule has 6 heteroatoms. The molecule has 0 aromatic heterocycles. The van der Waals surface area contributed by atoms with E-state index in [1.165, 1.54) is 0 Å². The summed E-state index contributed by atoms with van der Waals surface area (Å²) >= 11 is 0. The Labute approximate surface area is 142 Å². The topological polar surface area (TPSA) is 76.1 Å². The van der Waals surface area contributed by atoms with Crippen LogP contribution >= 0.6 is 0 Å². The van der Waals surface area contributed by atoms with Crippen molar-refractivity contribution in [2.45, 2.75) is 45.6 Å². The van der Waals surface area contributed by atoms with Crippen molar-refractivity contribution in [1.29, 1.82) is 0 Å². The van der Waals surface area contributed by atoms with E-state index in [9.17, 15) is 9.59 Å². The van der Waals surface area contributed by atoms with Crippen LogP contribution in [0.2, 0.25) is 0 Å². The Hall–Kier alpha value is -2.24. The molecule has 132 valence electrons. The second-order valence-corrected chi connectivity index (χ2v) is 5.86. The summed E-state index contributed by atoms with van der Waals surface area (Å²) in [6.07, 6.45) is 4.16. The molecular weight excluding hydrogens is 310 g/mol. The van der Waals surface area contributed by atoms with E-state index in [0.29, 0.717) is 29.7 Å². The van der Waals surface area contributed by atoms with Crippen molar-refractivity contribution in [1.82, 2.24) is 4.90 Å². The van der Waals surface area contributed by atoms with Crippen LogP contribution in [0.1, 0.15) is 49.9 Å². The first-order chi connectivity index (χ1) is 11.6. The van der Waals surface area contributed by atoms with Crippen LogP contribution in [0.15, 0.2) is 18.2 Å². The third kappa shape index (κ3) is 4.88. The van der Waals surface area contributed by atoms with E-state index in [-0.39, 0.29) is 5.91 Å². The van der Waals surface area contributed by atoms with Crippen molar-refractivity contribution in [2.24, 2.45) is 0 Å². The van der Waals surface area contributed by atoms with Gasteiger partial charge < -0.3 is 19.5 Å². The zero-order valence-corrected chi connectivity index (χ0v) is 14.3. The van der Waals surface area contributed by atoms with Crippen LogP contribution in [-0.2, 0) is 4.79 Å². The van der Waals surface area contributed by atoms with Crippen LogP contribution in [0.3, 0.4) is 0 Å². The lowest BCUT2D eigenvalue weighted by Gasteiger charge is -2.23. The summed E-state index contributed by atoms with van der Waals surface area (Å²) in [4.78, 5) is 25.4. The SMILES string of the molecule is CCCCN(C(=O)c1ccc(OCC(=O)O)c(OCC)c1)C1CC1. The minimum atomic E-state index is -1.06. The first kappa shape index (κ1) is 18.1. The standard InChI is InChI=1S/C18H25NO5/c1-3-5-10-19(14-7-8-14)18(22)13-6-9-15(24-12-17(20)21)16(11-13)23-4-2/h6,9,11,14H,3-5,7-8,10,12H2,1-2H3,(H,20,21). The Morgan fingerprint density at radius 2 is 1.96 bits per heavy atom. The maximum absolute atomic E-state index is 12.8. The molecule has 0 unspecified atom stereocenters. The number of carboxylic acid groups (broad SMARTS) is 1. The normalized spacial score (nSPS) is 13.4. The molecule has 1 saturated carbocycles. The highest BCUT2D eigenvalue weighted by Crippen LogP contribution is 2.32. The molecule has 1 aliphatic rings. The van der Waals surface area contributed by atoms with Gasteiger partial charge in [0.25, 0.3) is 5.91 Å². The lowest BCUT2D eigenvalue weighted by molar-refractivity contribution is -0.139. The fraction of sp³-hybridized carbons (Fsp3) is 0.556. The zero-order valence-electron chi connectivity index (χ0n) is 14.3. The van der Waals surface area contributed by atoms with Gasteiger partial charge in [-0.05, 0) is 44.4 Å². The molecule has 2 rings (SSSR count). The van der Waals surface area contributed by atoms with Gasteiger partial charge in [-0.3, -0.25) is 4.79 Å². The Bertz CT molecular complexity index is 583. The monoisotopic (exact) mass is 335 g/mol. The first-order valence-electron chi connectivity index (χ1n) is 8.49. The van der Waals surface area contributed by atoms with Crippen molar-refractivity contribution in [3.63, 3.8) is 0 Å². The van der Waals surface area contributed by atoms with Gasteiger partial charge in [-0.15, -0.1) is 0 Å². The predicted molar refractivity (Wildman–Crippen MR) is 89.7 cm³/mol.